The number of carbonyl (C=O) groups is 2. The fourth-order valence-electron chi connectivity index (χ4n) is 5.55. The summed E-state index contributed by atoms with van der Waals surface area (Å²) in [6.07, 6.45) is 13.5. The molecule has 1 aliphatic rings. The van der Waals surface area contributed by atoms with Gasteiger partial charge in [0.1, 0.15) is 17.1 Å². The Hall–Kier alpha value is -2.04. The summed E-state index contributed by atoms with van der Waals surface area (Å²) >= 11 is 0. The van der Waals surface area contributed by atoms with Crippen molar-refractivity contribution in [3.8, 4) is 11.5 Å². The molecule has 3 atom stereocenters. The van der Waals surface area contributed by atoms with Crippen LogP contribution in [0.3, 0.4) is 0 Å². The lowest BCUT2D eigenvalue weighted by Crippen LogP contribution is -2.37. The summed E-state index contributed by atoms with van der Waals surface area (Å²) in [5, 5.41) is 8.71. The third-order valence-corrected chi connectivity index (χ3v) is 8.67. The Morgan fingerprint density at radius 1 is 0.900 bits per heavy atom. The fourth-order valence-corrected chi connectivity index (χ4v) is 5.55. The van der Waals surface area contributed by atoms with Crippen molar-refractivity contribution in [2.75, 3.05) is 0 Å². The van der Waals surface area contributed by atoms with Crippen molar-refractivity contribution in [2.45, 2.75) is 158 Å². The van der Waals surface area contributed by atoms with E-state index in [2.05, 4.69) is 48.5 Å². The Balaban J connectivity index is 0.000000459. The smallest absolute Gasteiger partial charge is 0.311 e. The number of carbonyl (C=O) groups excluding carboxylic acids is 1. The van der Waals surface area contributed by atoms with Gasteiger partial charge < -0.3 is 14.6 Å². The highest BCUT2D eigenvalue weighted by atomic mass is 16.5. The van der Waals surface area contributed by atoms with E-state index in [4.69, 9.17) is 14.6 Å². The van der Waals surface area contributed by atoms with Crippen molar-refractivity contribution in [3.05, 3.63) is 22.3 Å². The Bertz CT molecular complexity index is 934. The van der Waals surface area contributed by atoms with Crippen LogP contribution in [0.4, 0.5) is 0 Å². The Kier molecular flexibility index (Phi) is 15.9. The zero-order chi connectivity index (χ0) is 30.5. The first-order valence-electron chi connectivity index (χ1n) is 16.0. The number of hydrogen-bond donors (Lipinski definition) is 1. The summed E-state index contributed by atoms with van der Waals surface area (Å²) in [5.74, 6) is 2.73. The minimum atomic E-state index is -1.00. The van der Waals surface area contributed by atoms with Gasteiger partial charge in [0.15, 0.2) is 0 Å². The van der Waals surface area contributed by atoms with Gasteiger partial charge in [-0.05, 0) is 81.4 Å². The maximum absolute atomic E-state index is 12.0. The van der Waals surface area contributed by atoms with Gasteiger partial charge in [0.05, 0.1) is 12.8 Å². The summed E-state index contributed by atoms with van der Waals surface area (Å²) in [4.78, 5) is 22.6. The van der Waals surface area contributed by atoms with Crippen LogP contribution in [0.15, 0.2) is 0 Å². The third-order valence-electron chi connectivity index (χ3n) is 8.67. The van der Waals surface area contributed by atoms with Crippen molar-refractivity contribution in [1.82, 2.24) is 0 Å². The number of rotatable bonds is 15. The molecule has 0 bridgehead atoms. The molecular weight excluding hydrogens is 500 g/mol. The summed E-state index contributed by atoms with van der Waals surface area (Å²) in [5.41, 5.74) is 3.73. The highest BCUT2D eigenvalue weighted by molar-refractivity contribution is 5.79. The Morgan fingerprint density at radius 3 is 2.05 bits per heavy atom. The molecule has 3 unspecified atom stereocenters. The van der Waals surface area contributed by atoms with Gasteiger partial charge in [0, 0.05) is 5.56 Å². The zero-order valence-electron chi connectivity index (χ0n) is 27.5. The molecule has 1 N–H and O–H groups in total. The van der Waals surface area contributed by atoms with Gasteiger partial charge in [-0.15, -0.1) is 0 Å². The molecule has 0 saturated carbocycles. The lowest BCUT2D eigenvalue weighted by molar-refractivity contribution is -0.142. The van der Waals surface area contributed by atoms with Gasteiger partial charge >= 0.3 is 11.9 Å². The Morgan fingerprint density at radius 2 is 1.50 bits per heavy atom. The van der Waals surface area contributed by atoms with Gasteiger partial charge in [-0.3, -0.25) is 9.59 Å². The molecule has 0 aliphatic carbocycles. The largest absolute Gasteiger partial charge is 0.487 e. The zero-order valence-corrected chi connectivity index (χ0v) is 27.5. The maximum Gasteiger partial charge on any atom is 0.311 e. The second-order valence-electron chi connectivity index (χ2n) is 13.1. The van der Waals surface area contributed by atoms with Crippen LogP contribution >= 0.6 is 0 Å². The first-order valence-corrected chi connectivity index (χ1v) is 16.0. The molecule has 0 radical (unpaired) electrons. The second kappa shape index (κ2) is 17.7. The molecular formula is C35H60O5. The van der Waals surface area contributed by atoms with Gasteiger partial charge in [0.25, 0.3) is 0 Å². The molecule has 5 nitrogen and oxygen atoms in total. The van der Waals surface area contributed by atoms with E-state index in [1.807, 2.05) is 20.8 Å². The second-order valence-corrected chi connectivity index (χ2v) is 13.1. The van der Waals surface area contributed by atoms with Crippen LogP contribution in [0.1, 0.15) is 148 Å². The molecule has 0 aromatic heterocycles. The van der Waals surface area contributed by atoms with Crippen molar-refractivity contribution < 1.29 is 24.2 Å². The monoisotopic (exact) mass is 560 g/mol. The van der Waals surface area contributed by atoms with Crippen molar-refractivity contribution in [2.24, 2.45) is 17.8 Å². The van der Waals surface area contributed by atoms with E-state index in [0.29, 0.717) is 5.75 Å². The van der Waals surface area contributed by atoms with Crippen LogP contribution in [0, 0.1) is 38.5 Å². The van der Waals surface area contributed by atoms with Crippen LogP contribution in [-0.4, -0.2) is 22.6 Å². The number of carboxylic acid groups (broad SMARTS) is 1. The summed E-state index contributed by atoms with van der Waals surface area (Å²) < 4.78 is 11.9. The van der Waals surface area contributed by atoms with Gasteiger partial charge in [-0.25, -0.2) is 0 Å². The fraction of sp³-hybridized carbons (Fsp3) is 0.771. The average Bonchev–Trinajstić information content (AvgIpc) is 2.88. The molecule has 40 heavy (non-hydrogen) atoms. The molecule has 2 rings (SSSR count). The molecule has 1 aliphatic heterocycles. The number of benzene rings is 1. The normalized spacial score (nSPS) is 17.8. The maximum atomic E-state index is 12.0. The SMILES string of the molecule is CCC(C)CCCC(C)CCCC(C)C.CCCC1(C)CCc2c(C)c(OC(=O)CCC(=O)O)c(C)c(C)c2O1. The number of ether oxygens (including phenoxy) is 2. The van der Waals surface area contributed by atoms with Gasteiger partial charge in [-0.2, -0.15) is 0 Å². The summed E-state index contributed by atoms with van der Waals surface area (Å²) in [6.45, 7) is 21.9. The van der Waals surface area contributed by atoms with E-state index in [9.17, 15) is 9.59 Å². The minimum Gasteiger partial charge on any atom is -0.487 e. The van der Waals surface area contributed by atoms with E-state index >= 15 is 0 Å². The van der Waals surface area contributed by atoms with E-state index in [-0.39, 0.29) is 18.4 Å². The summed E-state index contributed by atoms with van der Waals surface area (Å²) in [6, 6.07) is 0. The first-order chi connectivity index (χ1) is 18.7. The highest BCUT2D eigenvalue weighted by Crippen LogP contribution is 2.44. The lowest BCUT2D eigenvalue weighted by atomic mass is 9.85. The van der Waals surface area contributed by atoms with Crippen molar-refractivity contribution in [3.63, 3.8) is 0 Å². The van der Waals surface area contributed by atoms with E-state index in [0.717, 1.165) is 71.4 Å². The predicted octanol–water partition coefficient (Wildman–Crippen LogP) is 9.93. The first kappa shape index (κ1) is 36.0. The van der Waals surface area contributed by atoms with Crippen LogP contribution < -0.4 is 9.47 Å². The molecule has 230 valence electrons. The molecule has 0 fully saturated rings. The predicted molar refractivity (Wildman–Crippen MR) is 167 cm³/mol. The van der Waals surface area contributed by atoms with Crippen LogP contribution in [-0.2, 0) is 16.0 Å². The van der Waals surface area contributed by atoms with E-state index in [1.54, 1.807) is 0 Å². The number of esters is 1. The molecule has 0 saturated heterocycles. The van der Waals surface area contributed by atoms with Crippen LogP contribution in [0.25, 0.3) is 0 Å². The third kappa shape index (κ3) is 12.2. The molecule has 1 aromatic rings. The van der Waals surface area contributed by atoms with Crippen molar-refractivity contribution >= 4 is 11.9 Å². The lowest BCUT2D eigenvalue weighted by Gasteiger charge is -2.38. The standard InChI is InChI=1S/C20H28O5.C15H32/c1-6-10-20(5)11-9-15-14(4)18(12(2)13(3)19(15)25-20)24-17(23)8-7-16(21)22;1-6-14(4)10-8-12-15(5)11-7-9-13(2)3/h6-11H2,1-5H3,(H,21,22);13-15H,6-12H2,1-5H3. The number of aliphatic carboxylic acids is 1. The quantitative estimate of drug-likeness (QED) is 0.171. The average molecular weight is 561 g/mol. The van der Waals surface area contributed by atoms with E-state index < -0.39 is 11.9 Å². The molecule has 1 aromatic carbocycles. The summed E-state index contributed by atoms with van der Waals surface area (Å²) in [7, 11) is 0. The number of hydrogen-bond acceptors (Lipinski definition) is 4. The molecule has 1 heterocycles. The van der Waals surface area contributed by atoms with Crippen molar-refractivity contribution in [1.29, 1.82) is 0 Å². The Labute approximate surface area is 245 Å². The topological polar surface area (TPSA) is 72.8 Å². The molecule has 0 spiro atoms. The van der Waals surface area contributed by atoms with E-state index in [1.165, 1.54) is 44.9 Å². The van der Waals surface area contributed by atoms with Crippen LogP contribution in [0.2, 0.25) is 0 Å². The minimum absolute atomic E-state index is 0.130. The van der Waals surface area contributed by atoms with Gasteiger partial charge in [-0.1, -0.05) is 92.9 Å². The highest BCUT2D eigenvalue weighted by Gasteiger charge is 2.34. The van der Waals surface area contributed by atoms with Crippen LogP contribution in [0.5, 0.6) is 11.5 Å². The molecule has 5 heteroatoms. The molecule has 0 amide bonds. The number of carboxylic acids is 1. The van der Waals surface area contributed by atoms with Gasteiger partial charge in [0.2, 0.25) is 0 Å². The number of fused-ring (bicyclic) bond motifs is 1.